The Hall–Kier alpha value is -3.47. The number of benzene rings is 1. The van der Waals surface area contributed by atoms with Crippen molar-refractivity contribution in [3.05, 3.63) is 69.1 Å². The number of rotatable bonds is 5. The molecule has 8 nitrogen and oxygen atoms in total. The van der Waals surface area contributed by atoms with Gasteiger partial charge in [-0.3, -0.25) is 10.1 Å². The van der Waals surface area contributed by atoms with Crippen LogP contribution in [0.3, 0.4) is 0 Å². The van der Waals surface area contributed by atoms with Gasteiger partial charge in [0.15, 0.2) is 0 Å². The number of halogens is 4. The van der Waals surface area contributed by atoms with Crippen LogP contribution >= 0.6 is 11.6 Å². The first-order valence-electron chi connectivity index (χ1n) is 7.98. The third-order valence-corrected chi connectivity index (χ3v) is 4.04. The average Bonchev–Trinajstić information content (AvgIpc) is 2.62. The minimum absolute atomic E-state index is 0.0687. The van der Waals surface area contributed by atoms with Crippen LogP contribution in [0.1, 0.15) is 11.1 Å². The van der Waals surface area contributed by atoms with Crippen LogP contribution in [0.4, 0.5) is 42.0 Å². The molecule has 3 aromatic rings. The third-order valence-electron chi connectivity index (χ3n) is 3.71. The highest BCUT2D eigenvalue weighted by atomic mass is 35.5. The molecule has 0 bridgehead atoms. The maximum absolute atomic E-state index is 13.0. The Morgan fingerprint density at radius 2 is 1.76 bits per heavy atom. The standard InChI is InChI=1S/C17H12ClF3N6O2/c1-9-4-5-22-13(6-9)26-16-14(27(28)29)15(23-8-24-16)25-12-7-10(17(19,20)21)2-3-11(12)18/h2-8H,1H3,(H2,22,23,24,25,26). The van der Waals surface area contributed by atoms with Gasteiger partial charge in [-0.05, 0) is 42.8 Å². The number of hydrogen-bond acceptors (Lipinski definition) is 7. The Kier molecular flexibility index (Phi) is 5.50. The van der Waals surface area contributed by atoms with Crippen molar-refractivity contribution in [1.29, 1.82) is 0 Å². The van der Waals surface area contributed by atoms with E-state index in [4.69, 9.17) is 11.6 Å². The Balaban J connectivity index is 2.01. The fourth-order valence-corrected chi connectivity index (χ4v) is 2.55. The van der Waals surface area contributed by atoms with Gasteiger partial charge in [-0.2, -0.15) is 13.2 Å². The summed E-state index contributed by atoms with van der Waals surface area (Å²) in [5.74, 6) is -0.218. The molecule has 0 aliphatic heterocycles. The summed E-state index contributed by atoms with van der Waals surface area (Å²) >= 11 is 5.95. The summed E-state index contributed by atoms with van der Waals surface area (Å²) in [6, 6.07) is 5.96. The van der Waals surface area contributed by atoms with Gasteiger partial charge >= 0.3 is 11.9 Å². The molecule has 0 fully saturated rings. The van der Waals surface area contributed by atoms with E-state index in [-0.39, 0.29) is 22.3 Å². The van der Waals surface area contributed by atoms with Gasteiger partial charge in [0, 0.05) is 6.20 Å². The number of nitro groups is 1. The van der Waals surface area contributed by atoms with Crippen LogP contribution in [0.5, 0.6) is 0 Å². The van der Waals surface area contributed by atoms with Crippen molar-refractivity contribution in [3.63, 3.8) is 0 Å². The molecule has 0 unspecified atom stereocenters. The molecular weight excluding hydrogens is 413 g/mol. The number of hydrogen-bond donors (Lipinski definition) is 2. The minimum atomic E-state index is -4.61. The molecule has 150 valence electrons. The molecule has 0 saturated heterocycles. The molecule has 0 atom stereocenters. The summed E-state index contributed by atoms with van der Waals surface area (Å²) in [5, 5.41) is 16.7. The van der Waals surface area contributed by atoms with Crippen molar-refractivity contribution < 1.29 is 18.1 Å². The van der Waals surface area contributed by atoms with Crippen LogP contribution in [0.15, 0.2) is 42.9 Å². The molecule has 2 N–H and O–H groups in total. The van der Waals surface area contributed by atoms with Gasteiger partial charge in [0.05, 0.1) is 21.2 Å². The van der Waals surface area contributed by atoms with E-state index in [1.807, 2.05) is 6.92 Å². The summed E-state index contributed by atoms with van der Waals surface area (Å²) in [6.07, 6.45) is -2.08. The third kappa shape index (κ3) is 4.69. The molecule has 0 radical (unpaired) electrons. The smallest absolute Gasteiger partial charge is 0.333 e. The van der Waals surface area contributed by atoms with E-state index >= 15 is 0 Å². The number of alkyl halides is 3. The number of pyridine rings is 1. The zero-order valence-electron chi connectivity index (χ0n) is 14.7. The number of anilines is 4. The van der Waals surface area contributed by atoms with Crippen LogP contribution in [-0.2, 0) is 6.18 Å². The topological polar surface area (TPSA) is 106 Å². The molecule has 12 heteroatoms. The second-order valence-electron chi connectivity index (χ2n) is 5.84. The molecule has 29 heavy (non-hydrogen) atoms. The zero-order chi connectivity index (χ0) is 21.2. The molecule has 3 rings (SSSR count). The van der Waals surface area contributed by atoms with E-state index in [1.54, 1.807) is 12.1 Å². The van der Waals surface area contributed by atoms with Crippen LogP contribution in [0.25, 0.3) is 0 Å². The number of nitrogens with zero attached hydrogens (tertiary/aromatic N) is 4. The van der Waals surface area contributed by atoms with Crippen molar-refractivity contribution in [2.75, 3.05) is 10.6 Å². The molecule has 0 aliphatic rings. The molecule has 0 saturated carbocycles. The van der Waals surface area contributed by atoms with Gasteiger partial charge in [0.25, 0.3) is 0 Å². The molecule has 0 amide bonds. The van der Waals surface area contributed by atoms with Crippen molar-refractivity contribution in [2.24, 2.45) is 0 Å². The SMILES string of the molecule is Cc1ccnc(Nc2ncnc(Nc3cc(C(F)(F)F)ccc3Cl)c2[N+](=O)[O-])c1. The quantitative estimate of drug-likeness (QED) is 0.425. The first kappa shape index (κ1) is 20.3. The summed E-state index contributed by atoms with van der Waals surface area (Å²) < 4.78 is 38.9. The van der Waals surface area contributed by atoms with Crippen molar-refractivity contribution in [1.82, 2.24) is 15.0 Å². The normalized spacial score (nSPS) is 11.2. The van der Waals surface area contributed by atoms with Gasteiger partial charge in [-0.1, -0.05) is 11.6 Å². The first-order chi connectivity index (χ1) is 13.6. The Labute approximate surface area is 166 Å². The van der Waals surface area contributed by atoms with E-state index in [2.05, 4.69) is 25.6 Å². The lowest BCUT2D eigenvalue weighted by Crippen LogP contribution is -2.08. The summed E-state index contributed by atoms with van der Waals surface area (Å²) in [6.45, 7) is 1.81. The monoisotopic (exact) mass is 424 g/mol. The number of aryl methyl sites for hydroxylation is 1. The Morgan fingerprint density at radius 3 is 2.38 bits per heavy atom. The summed E-state index contributed by atoms with van der Waals surface area (Å²) in [5.41, 5.74) is -0.885. The number of nitrogens with one attached hydrogen (secondary N) is 2. The van der Waals surface area contributed by atoms with E-state index in [1.165, 1.54) is 6.20 Å². The van der Waals surface area contributed by atoms with Crippen molar-refractivity contribution in [3.8, 4) is 0 Å². The fraction of sp³-hybridized carbons (Fsp3) is 0.118. The largest absolute Gasteiger partial charge is 0.416 e. The molecule has 0 spiro atoms. The average molecular weight is 425 g/mol. The summed E-state index contributed by atoms with van der Waals surface area (Å²) in [4.78, 5) is 22.5. The van der Waals surface area contributed by atoms with Gasteiger partial charge in [-0.25, -0.2) is 15.0 Å². The van der Waals surface area contributed by atoms with Crippen LogP contribution < -0.4 is 10.6 Å². The maximum Gasteiger partial charge on any atom is 0.416 e. The van der Waals surface area contributed by atoms with Crippen molar-refractivity contribution in [2.45, 2.75) is 13.1 Å². The van der Waals surface area contributed by atoms with E-state index in [0.717, 1.165) is 30.1 Å². The van der Waals surface area contributed by atoms with Gasteiger partial charge in [-0.15, -0.1) is 0 Å². The predicted molar refractivity (Wildman–Crippen MR) is 101 cm³/mol. The molecule has 0 aliphatic carbocycles. The van der Waals surface area contributed by atoms with Gasteiger partial charge in [0.2, 0.25) is 11.6 Å². The van der Waals surface area contributed by atoms with E-state index in [9.17, 15) is 23.3 Å². The summed E-state index contributed by atoms with van der Waals surface area (Å²) in [7, 11) is 0. The van der Waals surface area contributed by atoms with E-state index in [0.29, 0.717) is 5.82 Å². The van der Waals surface area contributed by atoms with E-state index < -0.39 is 22.4 Å². The zero-order valence-corrected chi connectivity index (χ0v) is 15.4. The number of aromatic nitrogens is 3. The Bertz CT molecular complexity index is 1080. The Morgan fingerprint density at radius 1 is 1.07 bits per heavy atom. The highest BCUT2D eigenvalue weighted by Gasteiger charge is 2.31. The van der Waals surface area contributed by atoms with Crippen LogP contribution in [0.2, 0.25) is 5.02 Å². The second kappa shape index (κ2) is 7.87. The fourth-order valence-electron chi connectivity index (χ4n) is 2.39. The second-order valence-corrected chi connectivity index (χ2v) is 6.24. The van der Waals surface area contributed by atoms with Gasteiger partial charge in [0.1, 0.15) is 12.1 Å². The lowest BCUT2D eigenvalue weighted by molar-refractivity contribution is -0.383. The molecule has 2 aromatic heterocycles. The highest BCUT2D eigenvalue weighted by Crippen LogP contribution is 2.37. The molecule has 2 heterocycles. The lowest BCUT2D eigenvalue weighted by Gasteiger charge is -2.13. The molecular formula is C17H12ClF3N6O2. The van der Waals surface area contributed by atoms with Gasteiger partial charge < -0.3 is 10.6 Å². The first-order valence-corrected chi connectivity index (χ1v) is 8.36. The lowest BCUT2D eigenvalue weighted by atomic mass is 10.2. The maximum atomic E-state index is 13.0. The minimum Gasteiger partial charge on any atom is -0.333 e. The molecule has 1 aromatic carbocycles. The van der Waals surface area contributed by atoms with Crippen molar-refractivity contribution >= 4 is 40.4 Å². The highest BCUT2D eigenvalue weighted by molar-refractivity contribution is 6.33. The predicted octanol–water partition coefficient (Wildman–Crippen LogP) is 5.25. The van der Waals surface area contributed by atoms with Crippen LogP contribution in [0, 0.1) is 17.0 Å². The van der Waals surface area contributed by atoms with Crippen LogP contribution in [-0.4, -0.2) is 19.9 Å².